The lowest BCUT2D eigenvalue weighted by atomic mass is 10.0. The minimum absolute atomic E-state index is 0.390. The summed E-state index contributed by atoms with van der Waals surface area (Å²) in [4.78, 5) is 1.31. The van der Waals surface area contributed by atoms with E-state index in [0.717, 1.165) is 17.4 Å². The summed E-state index contributed by atoms with van der Waals surface area (Å²) in [6.45, 7) is 6.53. The predicted molar refractivity (Wildman–Crippen MR) is 77.9 cm³/mol. The second-order valence-corrected chi connectivity index (χ2v) is 6.98. The minimum atomic E-state index is 0.390. The average molecular weight is 278 g/mol. The molecule has 0 radical (unpaired) electrons. The van der Waals surface area contributed by atoms with Gasteiger partial charge in [0.2, 0.25) is 0 Å². The molecule has 1 aromatic rings. The van der Waals surface area contributed by atoms with Gasteiger partial charge in [0.05, 0.1) is 4.34 Å². The summed E-state index contributed by atoms with van der Waals surface area (Å²) in [5.74, 6) is 0. The van der Waals surface area contributed by atoms with Crippen LogP contribution in [0.3, 0.4) is 0 Å². The Bertz CT molecular complexity index is 299. The van der Waals surface area contributed by atoms with Crippen molar-refractivity contribution in [1.82, 2.24) is 5.32 Å². The zero-order valence-electron chi connectivity index (χ0n) is 10.2. The Morgan fingerprint density at radius 2 is 2.06 bits per heavy atom. The Kier molecular flexibility index (Phi) is 6.19. The molecule has 0 spiro atoms. The summed E-state index contributed by atoms with van der Waals surface area (Å²) in [6, 6.07) is 4.06. The molecule has 0 bridgehead atoms. The van der Waals surface area contributed by atoms with E-state index in [1.807, 2.05) is 17.8 Å². The molecular weight excluding hydrogens is 258 g/mol. The lowest BCUT2D eigenvalue weighted by Crippen LogP contribution is -2.36. The summed E-state index contributed by atoms with van der Waals surface area (Å²) in [5.41, 5.74) is 0. The Balaban J connectivity index is 2.39. The van der Waals surface area contributed by atoms with Gasteiger partial charge in [0.1, 0.15) is 0 Å². The number of rotatable bonds is 7. The van der Waals surface area contributed by atoms with Crippen molar-refractivity contribution < 1.29 is 0 Å². The molecule has 1 heterocycles. The number of thioether (sulfide) groups is 1. The third kappa shape index (κ3) is 3.95. The molecule has 4 heteroatoms. The fourth-order valence-corrected chi connectivity index (χ4v) is 3.60. The van der Waals surface area contributed by atoms with E-state index in [0.29, 0.717) is 4.75 Å². The van der Waals surface area contributed by atoms with E-state index in [-0.39, 0.29) is 0 Å². The highest BCUT2D eigenvalue weighted by molar-refractivity contribution is 8.00. The average Bonchev–Trinajstić information content (AvgIpc) is 2.71. The third-order valence-corrected chi connectivity index (χ3v) is 5.92. The highest BCUT2D eigenvalue weighted by Crippen LogP contribution is 2.29. The highest BCUT2D eigenvalue weighted by Gasteiger charge is 2.23. The molecule has 0 aliphatic rings. The standard InChI is InChI=1S/C12H20ClNS2/c1-4-12(5-2,15-3)9-14-8-10-6-7-11(13)16-10/h6-7,14H,4-5,8-9H2,1-3H3. The lowest BCUT2D eigenvalue weighted by molar-refractivity contribution is 0.496. The molecule has 0 saturated heterocycles. The number of nitrogens with one attached hydrogen (secondary N) is 1. The first-order valence-electron chi connectivity index (χ1n) is 5.66. The molecular formula is C12H20ClNS2. The number of thiophene rings is 1. The molecule has 1 N–H and O–H groups in total. The van der Waals surface area contributed by atoms with E-state index in [1.54, 1.807) is 11.3 Å². The molecule has 0 aromatic carbocycles. The zero-order chi connectivity index (χ0) is 12.0. The quantitative estimate of drug-likeness (QED) is 0.792. The molecule has 1 rings (SSSR count). The second kappa shape index (κ2) is 6.90. The maximum absolute atomic E-state index is 5.90. The van der Waals surface area contributed by atoms with Crippen molar-refractivity contribution in [3.63, 3.8) is 0 Å². The topological polar surface area (TPSA) is 12.0 Å². The summed E-state index contributed by atoms with van der Waals surface area (Å²) in [6.07, 6.45) is 4.63. The molecule has 0 aliphatic carbocycles. The van der Waals surface area contributed by atoms with Crippen LogP contribution in [0.5, 0.6) is 0 Å². The van der Waals surface area contributed by atoms with Crippen LogP contribution in [0.15, 0.2) is 12.1 Å². The molecule has 0 saturated carbocycles. The van der Waals surface area contributed by atoms with E-state index >= 15 is 0 Å². The Morgan fingerprint density at radius 1 is 1.38 bits per heavy atom. The number of hydrogen-bond acceptors (Lipinski definition) is 3. The molecule has 0 unspecified atom stereocenters. The SMILES string of the molecule is CCC(CC)(CNCc1ccc(Cl)s1)SC. The fraction of sp³-hybridized carbons (Fsp3) is 0.667. The first-order valence-corrected chi connectivity index (χ1v) is 8.08. The van der Waals surface area contributed by atoms with Gasteiger partial charge in [0.15, 0.2) is 0 Å². The first kappa shape index (κ1) is 14.4. The molecule has 0 amide bonds. The van der Waals surface area contributed by atoms with Crippen LogP contribution in [0, 0.1) is 0 Å². The largest absolute Gasteiger partial charge is 0.310 e. The maximum atomic E-state index is 5.90. The van der Waals surface area contributed by atoms with E-state index in [1.165, 1.54) is 17.7 Å². The number of halogens is 1. The molecule has 0 fully saturated rings. The van der Waals surface area contributed by atoms with Gasteiger partial charge < -0.3 is 5.32 Å². The summed E-state index contributed by atoms with van der Waals surface area (Å²) in [5, 5.41) is 3.54. The molecule has 0 atom stereocenters. The highest BCUT2D eigenvalue weighted by atomic mass is 35.5. The van der Waals surface area contributed by atoms with Gasteiger partial charge in [-0.05, 0) is 31.2 Å². The third-order valence-electron chi connectivity index (χ3n) is 3.10. The van der Waals surface area contributed by atoms with Crippen molar-refractivity contribution in [3.05, 3.63) is 21.3 Å². The van der Waals surface area contributed by atoms with Crippen molar-refractivity contribution >= 4 is 34.7 Å². The van der Waals surface area contributed by atoms with Gasteiger partial charge >= 0.3 is 0 Å². The van der Waals surface area contributed by atoms with Gasteiger partial charge in [-0.1, -0.05) is 25.4 Å². The van der Waals surface area contributed by atoms with Gasteiger partial charge in [-0.25, -0.2) is 0 Å². The van der Waals surface area contributed by atoms with Crippen LogP contribution in [0.4, 0.5) is 0 Å². The summed E-state index contributed by atoms with van der Waals surface area (Å²) >= 11 is 9.53. The Morgan fingerprint density at radius 3 is 2.50 bits per heavy atom. The lowest BCUT2D eigenvalue weighted by Gasteiger charge is -2.29. The molecule has 16 heavy (non-hydrogen) atoms. The van der Waals surface area contributed by atoms with Crippen LogP contribution in [0.25, 0.3) is 0 Å². The van der Waals surface area contributed by atoms with Crippen molar-refractivity contribution in [2.24, 2.45) is 0 Å². The van der Waals surface area contributed by atoms with Gasteiger partial charge in [0.25, 0.3) is 0 Å². The zero-order valence-corrected chi connectivity index (χ0v) is 12.6. The molecule has 1 aromatic heterocycles. The first-order chi connectivity index (χ1) is 7.65. The van der Waals surface area contributed by atoms with E-state index in [9.17, 15) is 0 Å². The Hall–Kier alpha value is 0.300. The minimum Gasteiger partial charge on any atom is -0.310 e. The van der Waals surface area contributed by atoms with E-state index in [4.69, 9.17) is 11.6 Å². The van der Waals surface area contributed by atoms with Crippen LogP contribution in [-0.2, 0) is 6.54 Å². The summed E-state index contributed by atoms with van der Waals surface area (Å²) < 4.78 is 1.26. The van der Waals surface area contributed by atoms with Gasteiger partial charge in [0, 0.05) is 22.7 Å². The normalized spacial score (nSPS) is 12.0. The summed E-state index contributed by atoms with van der Waals surface area (Å²) in [7, 11) is 0. The van der Waals surface area contributed by atoms with Crippen LogP contribution in [0.2, 0.25) is 4.34 Å². The monoisotopic (exact) mass is 277 g/mol. The maximum Gasteiger partial charge on any atom is 0.0931 e. The van der Waals surface area contributed by atoms with Gasteiger partial charge in [-0.3, -0.25) is 0 Å². The fourth-order valence-electron chi connectivity index (χ4n) is 1.72. The smallest absolute Gasteiger partial charge is 0.0931 e. The number of hydrogen-bond donors (Lipinski definition) is 1. The van der Waals surface area contributed by atoms with Crippen molar-refractivity contribution in [1.29, 1.82) is 0 Å². The van der Waals surface area contributed by atoms with E-state index in [2.05, 4.69) is 31.5 Å². The van der Waals surface area contributed by atoms with E-state index < -0.39 is 0 Å². The van der Waals surface area contributed by atoms with Crippen LogP contribution in [0.1, 0.15) is 31.6 Å². The van der Waals surface area contributed by atoms with Crippen LogP contribution in [-0.4, -0.2) is 17.5 Å². The van der Waals surface area contributed by atoms with Crippen LogP contribution < -0.4 is 5.32 Å². The predicted octanol–water partition coefficient (Wildman–Crippen LogP) is 4.41. The van der Waals surface area contributed by atoms with Gasteiger partial charge in [-0.15, -0.1) is 11.3 Å². The van der Waals surface area contributed by atoms with Crippen molar-refractivity contribution in [2.75, 3.05) is 12.8 Å². The molecule has 1 nitrogen and oxygen atoms in total. The van der Waals surface area contributed by atoms with Gasteiger partial charge in [-0.2, -0.15) is 11.8 Å². The Labute approximate surface area is 112 Å². The molecule has 92 valence electrons. The van der Waals surface area contributed by atoms with Crippen LogP contribution >= 0.6 is 34.7 Å². The second-order valence-electron chi connectivity index (χ2n) is 3.90. The van der Waals surface area contributed by atoms with Crippen molar-refractivity contribution in [3.8, 4) is 0 Å². The molecule has 0 aliphatic heterocycles. The van der Waals surface area contributed by atoms with Crippen molar-refractivity contribution in [2.45, 2.75) is 38.0 Å².